The Labute approximate surface area is 119 Å². The summed E-state index contributed by atoms with van der Waals surface area (Å²) in [7, 11) is 0. The zero-order valence-corrected chi connectivity index (χ0v) is 12.2. The first kappa shape index (κ1) is 15.0. The summed E-state index contributed by atoms with van der Waals surface area (Å²) in [6.45, 7) is 7.36. The second-order valence-corrected chi connectivity index (χ2v) is 4.68. The highest BCUT2D eigenvalue weighted by molar-refractivity contribution is 5.38. The standard InChI is InChI=1S/C14H23N3O3/c1-3-6-15-12-8-14(20-11-5-7-19-9-11)17-13(16-12)10-18-4-2/h8,11H,3-7,9-10H2,1-2H3,(H,15,16,17). The summed E-state index contributed by atoms with van der Waals surface area (Å²) in [5.41, 5.74) is 0. The number of aromatic nitrogens is 2. The van der Waals surface area contributed by atoms with Gasteiger partial charge in [0.25, 0.3) is 0 Å². The number of anilines is 1. The molecule has 0 amide bonds. The molecule has 2 heterocycles. The van der Waals surface area contributed by atoms with Crippen LogP contribution in [0.5, 0.6) is 5.88 Å². The fourth-order valence-corrected chi connectivity index (χ4v) is 1.91. The monoisotopic (exact) mass is 281 g/mol. The van der Waals surface area contributed by atoms with Crippen molar-refractivity contribution in [3.8, 4) is 5.88 Å². The smallest absolute Gasteiger partial charge is 0.219 e. The fraction of sp³-hybridized carbons (Fsp3) is 0.714. The Morgan fingerprint density at radius 2 is 2.30 bits per heavy atom. The third-order valence-electron chi connectivity index (χ3n) is 2.92. The van der Waals surface area contributed by atoms with Crippen LogP contribution in [0.2, 0.25) is 0 Å². The lowest BCUT2D eigenvalue weighted by atomic mass is 10.3. The molecule has 2 rings (SSSR count). The van der Waals surface area contributed by atoms with E-state index in [9.17, 15) is 0 Å². The SMILES string of the molecule is CCCNc1cc(OC2CCOC2)nc(COCC)n1. The Balaban J connectivity index is 2.06. The average molecular weight is 281 g/mol. The van der Waals surface area contributed by atoms with Gasteiger partial charge < -0.3 is 19.5 Å². The van der Waals surface area contributed by atoms with Crippen LogP contribution in [-0.2, 0) is 16.1 Å². The van der Waals surface area contributed by atoms with E-state index in [1.807, 2.05) is 13.0 Å². The molecular formula is C14H23N3O3. The van der Waals surface area contributed by atoms with Gasteiger partial charge in [-0.3, -0.25) is 0 Å². The molecule has 0 radical (unpaired) electrons. The maximum atomic E-state index is 5.84. The average Bonchev–Trinajstić information content (AvgIpc) is 2.95. The van der Waals surface area contributed by atoms with Crippen LogP contribution >= 0.6 is 0 Å². The third kappa shape index (κ3) is 4.61. The highest BCUT2D eigenvalue weighted by Gasteiger charge is 2.18. The van der Waals surface area contributed by atoms with Crippen LogP contribution in [0.3, 0.4) is 0 Å². The number of hydrogen-bond acceptors (Lipinski definition) is 6. The predicted octanol–water partition coefficient (Wildman–Crippen LogP) is 2.00. The van der Waals surface area contributed by atoms with Gasteiger partial charge in [0.05, 0.1) is 13.2 Å². The Morgan fingerprint density at radius 3 is 3.00 bits per heavy atom. The molecule has 1 aromatic heterocycles. The topological polar surface area (TPSA) is 65.5 Å². The quantitative estimate of drug-likeness (QED) is 0.786. The highest BCUT2D eigenvalue weighted by Crippen LogP contribution is 2.18. The summed E-state index contributed by atoms with van der Waals surface area (Å²) in [6, 6.07) is 1.84. The van der Waals surface area contributed by atoms with Gasteiger partial charge in [-0.15, -0.1) is 0 Å². The summed E-state index contributed by atoms with van der Waals surface area (Å²) in [5, 5.41) is 3.26. The molecule has 0 aliphatic carbocycles. The summed E-state index contributed by atoms with van der Waals surface area (Å²) in [6.07, 6.45) is 2.03. The second kappa shape index (κ2) is 8.01. The Bertz CT molecular complexity index is 382. The van der Waals surface area contributed by atoms with Crippen molar-refractivity contribution in [2.45, 2.75) is 39.4 Å². The number of ether oxygens (including phenoxy) is 3. The minimum absolute atomic E-state index is 0.0869. The molecule has 0 aromatic carbocycles. The van der Waals surface area contributed by atoms with Crippen molar-refractivity contribution >= 4 is 5.82 Å². The molecule has 20 heavy (non-hydrogen) atoms. The van der Waals surface area contributed by atoms with Gasteiger partial charge in [0.15, 0.2) is 5.82 Å². The third-order valence-corrected chi connectivity index (χ3v) is 2.92. The van der Waals surface area contributed by atoms with Crippen LogP contribution in [0, 0.1) is 0 Å². The van der Waals surface area contributed by atoms with E-state index in [1.54, 1.807) is 0 Å². The maximum Gasteiger partial charge on any atom is 0.219 e. The largest absolute Gasteiger partial charge is 0.472 e. The van der Waals surface area contributed by atoms with Crippen LogP contribution < -0.4 is 10.1 Å². The first-order valence-corrected chi connectivity index (χ1v) is 7.25. The number of rotatable bonds is 8. The molecule has 1 fully saturated rings. The van der Waals surface area contributed by atoms with E-state index in [-0.39, 0.29) is 6.10 Å². The van der Waals surface area contributed by atoms with E-state index < -0.39 is 0 Å². The van der Waals surface area contributed by atoms with Gasteiger partial charge in [-0.05, 0) is 13.3 Å². The highest BCUT2D eigenvalue weighted by atomic mass is 16.5. The molecule has 6 nitrogen and oxygen atoms in total. The van der Waals surface area contributed by atoms with Crippen LogP contribution in [0.4, 0.5) is 5.82 Å². The Morgan fingerprint density at radius 1 is 1.40 bits per heavy atom. The zero-order chi connectivity index (χ0) is 14.2. The van der Waals surface area contributed by atoms with Gasteiger partial charge in [-0.1, -0.05) is 6.92 Å². The molecule has 0 bridgehead atoms. The molecule has 0 spiro atoms. The zero-order valence-electron chi connectivity index (χ0n) is 12.2. The van der Waals surface area contributed by atoms with E-state index >= 15 is 0 Å². The molecule has 0 saturated carbocycles. The van der Waals surface area contributed by atoms with Crippen molar-refractivity contribution in [2.24, 2.45) is 0 Å². The van der Waals surface area contributed by atoms with Crippen molar-refractivity contribution in [3.05, 3.63) is 11.9 Å². The summed E-state index contributed by atoms with van der Waals surface area (Å²) in [4.78, 5) is 8.81. The molecule has 1 aliphatic rings. The van der Waals surface area contributed by atoms with E-state index in [0.29, 0.717) is 31.5 Å². The van der Waals surface area contributed by atoms with Crippen molar-refractivity contribution in [2.75, 3.05) is 31.7 Å². The minimum atomic E-state index is 0.0869. The van der Waals surface area contributed by atoms with Crippen molar-refractivity contribution in [1.29, 1.82) is 0 Å². The summed E-state index contributed by atoms with van der Waals surface area (Å²) >= 11 is 0. The second-order valence-electron chi connectivity index (χ2n) is 4.68. The normalized spacial score (nSPS) is 18.2. The molecule has 1 N–H and O–H groups in total. The van der Waals surface area contributed by atoms with Crippen molar-refractivity contribution < 1.29 is 14.2 Å². The van der Waals surface area contributed by atoms with E-state index in [0.717, 1.165) is 31.8 Å². The number of hydrogen-bond donors (Lipinski definition) is 1. The van der Waals surface area contributed by atoms with Gasteiger partial charge in [-0.25, -0.2) is 4.98 Å². The maximum absolute atomic E-state index is 5.84. The Hall–Kier alpha value is -1.40. The molecule has 1 unspecified atom stereocenters. The van der Waals surface area contributed by atoms with Crippen LogP contribution in [0.25, 0.3) is 0 Å². The summed E-state index contributed by atoms with van der Waals surface area (Å²) < 4.78 is 16.5. The van der Waals surface area contributed by atoms with Gasteiger partial charge in [0.1, 0.15) is 18.5 Å². The molecular weight excluding hydrogens is 258 g/mol. The molecule has 1 aliphatic heterocycles. The molecule has 1 saturated heterocycles. The van der Waals surface area contributed by atoms with Gasteiger partial charge in [0, 0.05) is 25.6 Å². The van der Waals surface area contributed by atoms with Crippen LogP contribution in [0.1, 0.15) is 32.5 Å². The van der Waals surface area contributed by atoms with Gasteiger partial charge >= 0.3 is 0 Å². The minimum Gasteiger partial charge on any atom is -0.472 e. The molecule has 1 aromatic rings. The first-order valence-electron chi connectivity index (χ1n) is 7.25. The van der Waals surface area contributed by atoms with E-state index in [2.05, 4.69) is 22.2 Å². The van der Waals surface area contributed by atoms with Crippen LogP contribution in [0.15, 0.2) is 6.07 Å². The molecule has 1 atom stereocenters. The lowest BCUT2D eigenvalue weighted by Crippen LogP contribution is -2.17. The molecule has 6 heteroatoms. The van der Waals surface area contributed by atoms with Crippen LogP contribution in [-0.4, -0.2) is 42.4 Å². The lowest BCUT2D eigenvalue weighted by Gasteiger charge is -2.13. The lowest BCUT2D eigenvalue weighted by molar-refractivity contribution is 0.123. The fourth-order valence-electron chi connectivity index (χ4n) is 1.91. The van der Waals surface area contributed by atoms with Crippen molar-refractivity contribution in [1.82, 2.24) is 9.97 Å². The first-order chi connectivity index (χ1) is 9.81. The van der Waals surface area contributed by atoms with Crippen molar-refractivity contribution in [3.63, 3.8) is 0 Å². The predicted molar refractivity (Wildman–Crippen MR) is 76.0 cm³/mol. The van der Waals surface area contributed by atoms with E-state index in [1.165, 1.54) is 0 Å². The number of nitrogens with one attached hydrogen (secondary N) is 1. The number of nitrogens with zero attached hydrogens (tertiary/aromatic N) is 2. The Kier molecular flexibility index (Phi) is 6.01. The van der Waals surface area contributed by atoms with Gasteiger partial charge in [0.2, 0.25) is 5.88 Å². The van der Waals surface area contributed by atoms with E-state index in [4.69, 9.17) is 14.2 Å². The van der Waals surface area contributed by atoms with Gasteiger partial charge in [-0.2, -0.15) is 4.98 Å². The molecule has 112 valence electrons. The summed E-state index contributed by atoms with van der Waals surface area (Å²) in [5.74, 6) is 2.01.